The summed E-state index contributed by atoms with van der Waals surface area (Å²) in [4.78, 5) is 15.9. The molecule has 0 aliphatic carbocycles. The average molecular weight is 450 g/mol. The number of rotatable bonds is 8. The van der Waals surface area contributed by atoms with Crippen LogP contribution in [0, 0.1) is 11.8 Å². The highest BCUT2D eigenvalue weighted by atomic mass is 32.2. The molecule has 31 heavy (non-hydrogen) atoms. The molecule has 1 aromatic carbocycles. The zero-order chi connectivity index (χ0) is 22.5. The number of nitrogens with one attached hydrogen (secondary N) is 1. The van der Waals surface area contributed by atoms with Gasteiger partial charge in [-0.1, -0.05) is 44.2 Å². The zero-order valence-electron chi connectivity index (χ0n) is 19.3. The van der Waals surface area contributed by atoms with E-state index in [0.29, 0.717) is 32.5 Å². The summed E-state index contributed by atoms with van der Waals surface area (Å²) in [5, 5.41) is 3.19. The normalized spacial score (nSPS) is 25.3. The van der Waals surface area contributed by atoms with Gasteiger partial charge in [0.2, 0.25) is 15.9 Å². The lowest BCUT2D eigenvalue weighted by Gasteiger charge is -2.40. The second kappa shape index (κ2) is 10.5. The van der Waals surface area contributed by atoms with Crippen LogP contribution in [0.25, 0.3) is 0 Å². The molecule has 2 aliphatic rings. The minimum absolute atomic E-state index is 0.0348. The molecule has 2 unspecified atom stereocenters. The van der Waals surface area contributed by atoms with Crippen LogP contribution in [-0.2, 0) is 20.2 Å². The SMILES string of the molecule is CCS(=O)(=O)N1CCC(C(=O)NCCCN2CC(C)CC(C)C2)(c2ccccc2)CC1. The Bertz CT molecular complexity index is 810. The molecule has 1 amide bonds. The smallest absolute Gasteiger partial charge is 0.230 e. The van der Waals surface area contributed by atoms with Gasteiger partial charge >= 0.3 is 0 Å². The van der Waals surface area contributed by atoms with Crippen LogP contribution in [0.4, 0.5) is 0 Å². The Morgan fingerprint density at radius 2 is 1.71 bits per heavy atom. The highest BCUT2D eigenvalue weighted by molar-refractivity contribution is 7.89. The lowest BCUT2D eigenvalue weighted by molar-refractivity contribution is -0.128. The summed E-state index contributed by atoms with van der Waals surface area (Å²) in [6, 6.07) is 9.86. The fourth-order valence-corrected chi connectivity index (χ4v) is 6.49. The minimum atomic E-state index is -3.23. The van der Waals surface area contributed by atoms with Gasteiger partial charge in [0.05, 0.1) is 11.2 Å². The maximum Gasteiger partial charge on any atom is 0.230 e. The van der Waals surface area contributed by atoms with E-state index < -0.39 is 15.4 Å². The van der Waals surface area contributed by atoms with Gasteiger partial charge in [-0.05, 0) is 56.6 Å². The first kappa shape index (κ1) is 24.2. The van der Waals surface area contributed by atoms with Crippen molar-refractivity contribution in [3.63, 3.8) is 0 Å². The average Bonchev–Trinajstić information content (AvgIpc) is 2.76. The molecule has 1 N–H and O–H groups in total. The molecule has 2 aliphatic heterocycles. The van der Waals surface area contributed by atoms with E-state index in [4.69, 9.17) is 0 Å². The third-order valence-corrected chi connectivity index (χ3v) is 8.86. The standard InChI is InChI=1S/C24H39N3O3S/c1-4-31(29,30)27-15-11-24(12-16-27,22-9-6-5-7-10-22)23(28)25-13-8-14-26-18-20(2)17-21(3)19-26/h5-7,9-10,20-21H,4,8,11-19H2,1-3H3,(H,25,28). The lowest BCUT2D eigenvalue weighted by Crippen LogP contribution is -2.53. The molecule has 2 fully saturated rings. The number of benzene rings is 1. The van der Waals surface area contributed by atoms with Crippen LogP contribution in [0.3, 0.4) is 0 Å². The molecule has 0 saturated carbocycles. The summed E-state index contributed by atoms with van der Waals surface area (Å²) in [5.74, 6) is 1.62. The Hall–Kier alpha value is -1.44. The molecule has 3 rings (SSSR count). The Balaban J connectivity index is 1.61. The van der Waals surface area contributed by atoms with Crippen molar-refractivity contribution < 1.29 is 13.2 Å². The van der Waals surface area contributed by atoms with E-state index in [2.05, 4.69) is 24.1 Å². The molecule has 174 valence electrons. The molecule has 0 aromatic heterocycles. The summed E-state index contributed by atoms with van der Waals surface area (Å²) in [5.41, 5.74) is 0.328. The van der Waals surface area contributed by atoms with Gasteiger partial charge in [0.15, 0.2) is 0 Å². The first-order chi connectivity index (χ1) is 14.8. The molecule has 2 saturated heterocycles. The van der Waals surface area contributed by atoms with Crippen molar-refractivity contribution in [2.75, 3.05) is 45.0 Å². The van der Waals surface area contributed by atoms with Crippen LogP contribution >= 0.6 is 0 Å². The Kier molecular flexibility index (Phi) is 8.16. The van der Waals surface area contributed by atoms with Crippen LogP contribution in [0.15, 0.2) is 30.3 Å². The van der Waals surface area contributed by atoms with Crippen LogP contribution in [0.1, 0.15) is 52.0 Å². The highest BCUT2D eigenvalue weighted by Gasteiger charge is 2.44. The molecule has 0 spiro atoms. The van der Waals surface area contributed by atoms with Crippen molar-refractivity contribution in [1.82, 2.24) is 14.5 Å². The number of carbonyl (C=O) groups excluding carboxylic acids is 1. The van der Waals surface area contributed by atoms with Gasteiger partial charge in [-0.3, -0.25) is 4.79 Å². The van der Waals surface area contributed by atoms with Gasteiger partial charge in [0.1, 0.15) is 0 Å². The summed E-state index contributed by atoms with van der Waals surface area (Å²) in [6.07, 6.45) is 3.27. The molecule has 6 nitrogen and oxygen atoms in total. The van der Waals surface area contributed by atoms with E-state index in [1.165, 1.54) is 6.42 Å². The van der Waals surface area contributed by atoms with Crippen molar-refractivity contribution in [1.29, 1.82) is 0 Å². The lowest BCUT2D eigenvalue weighted by atomic mass is 9.72. The second-order valence-corrected chi connectivity index (χ2v) is 11.8. The van der Waals surface area contributed by atoms with Gasteiger partial charge in [-0.25, -0.2) is 12.7 Å². The number of nitrogens with zero attached hydrogens (tertiary/aromatic N) is 2. The summed E-state index contributed by atoms with van der Waals surface area (Å²) < 4.78 is 26.1. The van der Waals surface area contributed by atoms with Crippen LogP contribution in [0.5, 0.6) is 0 Å². The molecular weight excluding hydrogens is 410 g/mol. The largest absolute Gasteiger partial charge is 0.355 e. The molecule has 2 heterocycles. The fraction of sp³-hybridized carbons (Fsp3) is 0.708. The van der Waals surface area contributed by atoms with Gasteiger partial charge in [0, 0.05) is 32.7 Å². The Morgan fingerprint density at radius 3 is 2.29 bits per heavy atom. The van der Waals surface area contributed by atoms with Gasteiger partial charge in [0.25, 0.3) is 0 Å². The Morgan fingerprint density at radius 1 is 1.10 bits per heavy atom. The first-order valence-corrected chi connectivity index (χ1v) is 13.4. The molecular formula is C24H39N3O3S. The summed E-state index contributed by atoms with van der Waals surface area (Å²) in [6.45, 7) is 11.1. The van der Waals surface area contributed by atoms with Crippen molar-refractivity contribution >= 4 is 15.9 Å². The predicted octanol–water partition coefficient (Wildman–Crippen LogP) is 2.85. The maximum absolute atomic E-state index is 13.4. The maximum atomic E-state index is 13.4. The summed E-state index contributed by atoms with van der Waals surface area (Å²) >= 11 is 0. The van der Waals surface area contributed by atoms with Crippen molar-refractivity contribution in [2.24, 2.45) is 11.8 Å². The van der Waals surface area contributed by atoms with Crippen molar-refractivity contribution in [3.8, 4) is 0 Å². The number of amides is 1. The zero-order valence-corrected chi connectivity index (χ0v) is 20.2. The van der Waals surface area contributed by atoms with Crippen LogP contribution < -0.4 is 5.32 Å². The third-order valence-electron chi connectivity index (χ3n) is 6.98. The quantitative estimate of drug-likeness (QED) is 0.620. The van der Waals surface area contributed by atoms with E-state index >= 15 is 0 Å². The number of sulfonamides is 1. The number of hydrogen-bond donors (Lipinski definition) is 1. The molecule has 2 atom stereocenters. The van der Waals surface area contributed by atoms with Crippen LogP contribution in [-0.4, -0.2) is 68.6 Å². The minimum Gasteiger partial charge on any atom is -0.355 e. The number of piperidine rings is 2. The summed E-state index contributed by atoms with van der Waals surface area (Å²) in [7, 11) is -3.23. The molecule has 1 aromatic rings. The van der Waals surface area contributed by atoms with Crippen molar-refractivity contribution in [2.45, 2.75) is 51.9 Å². The highest BCUT2D eigenvalue weighted by Crippen LogP contribution is 2.36. The molecule has 0 bridgehead atoms. The monoisotopic (exact) mass is 449 g/mol. The molecule has 0 radical (unpaired) electrons. The third kappa shape index (κ3) is 5.88. The Labute approximate surface area is 188 Å². The number of carbonyl (C=O) groups is 1. The predicted molar refractivity (Wildman–Crippen MR) is 125 cm³/mol. The van der Waals surface area contributed by atoms with E-state index in [0.717, 1.165) is 43.5 Å². The van der Waals surface area contributed by atoms with E-state index in [1.807, 2.05) is 30.3 Å². The van der Waals surface area contributed by atoms with Gasteiger partial charge in [-0.15, -0.1) is 0 Å². The number of hydrogen-bond acceptors (Lipinski definition) is 4. The van der Waals surface area contributed by atoms with E-state index in [1.54, 1.807) is 11.2 Å². The number of likely N-dealkylation sites (tertiary alicyclic amines) is 1. The fourth-order valence-electron chi connectivity index (χ4n) is 5.38. The van der Waals surface area contributed by atoms with E-state index in [9.17, 15) is 13.2 Å². The first-order valence-electron chi connectivity index (χ1n) is 11.8. The van der Waals surface area contributed by atoms with Crippen molar-refractivity contribution in [3.05, 3.63) is 35.9 Å². The van der Waals surface area contributed by atoms with Gasteiger partial charge in [-0.2, -0.15) is 0 Å². The molecule has 7 heteroatoms. The van der Waals surface area contributed by atoms with Gasteiger partial charge < -0.3 is 10.2 Å². The van der Waals surface area contributed by atoms with Crippen LogP contribution in [0.2, 0.25) is 0 Å². The van der Waals surface area contributed by atoms with E-state index in [-0.39, 0.29) is 11.7 Å². The topological polar surface area (TPSA) is 69.7 Å². The second-order valence-electron chi connectivity index (χ2n) is 9.56.